The zero-order chi connectivity index (χ0) is 48.6. The molecule has 0 fully saturated rings. The van der Waals surface area contributed by atoms with Gasteiger partial charge in [0.2, 0.25) is 0 Å². The van der Waals surface area contributed by atoms with E-state index in [1.165, 1.54) is 34.0 Å². The first kappa shape index (κ1) is 54.9. The molecule has 5 rings (SSSR count). The Morgan fingerprint density at radius 2 is 1.24 bits per heavy atom. The minimum Gasteiger partial charge on any atom is -0.361 e. The summed E-state index contributed by atoms with van der Waals surface area (Å²) in [5.41, 5.74) is 11.0. The Morgan fingerprint density at radius 3 is 1.90 bits per heavy atom. The van der Waals surface area contributed by atoms with Crippen LogP contribution in [-0.4, -0.2) is 25.0 Å². The number of para-hydroxylation sites is 1. The minimum absolute atomic E-state index is 0.526. The molecule has 1 aliphatic rings. The molecular weight excluding hydrogens is 815 g/mol. The van der Waals surface area contributed by atoms with E-state index in [9.17, 15) is 0 Å². The predicted molar refractivity (Wildman–Crippen MR) is 301 cm³/mol. The molecule has 1 N–H and O–H groups in total. The van der Waals surface area contributed by atoms with E-state index in [2.05, 4.69) is 109 Å². The van der Waals surface area contributed by atoms with Gasteiger partial charge < -0.3 is 5.32 Å². The van der Waals surface area contributed by atoms with E-state index in [-0.39, 0.29) is 0 Å². The highest BCUT2D eigenvalue weighted by Crippen LogP contribution is 2.28. The maximum atomic E-state index is 4.88. The summed E-state index contributed by atoms with van der Waals surface area (Å²) < 4.78 is 0. The topological polar surface area (TPSA) is 61.5 Å². The number of anilines is 1. The van der Waals surface area contributed by atoms with Gasteiger partial charge in [-0.05, 0) is 104 Å². The summed E-state index contributed by atoms with van der Waals surface area (Å²) in [6.07, 6.45) is 49.4. The SMILES string of the molecule is C=C/C=C/C=C/C=C\C=C/C=C/C.C=CN=C/C=C/c1ccc(C)c(-c2ccccc2C)c1.C=N/C=C(\C=C\Nc1ccccc1C)/C1=N/C(c2ccccc2)=C\C=C\C=C/C=C\C=N1.CC. The molecule has 0 bridgehead atoms. The Morgan fingerprint density at radius 1 is 0.627 bits per heavy atom. The van der Waals surface area contributed by atoms with Crippen LogP contribution in [0.1, 0.15) is 48.6 Å². The normalized spacial score (nSPS) is 15.9. The smallest absolute Gasteiger partial charge is 0.161 e. The molecule has 0 aromatic heterocycles. The van der Waals surface area contributed by atoms with Crippen molar-refractivity contribution in [3.8, 4) is 11.1 Å². The van der Waals surface area contributed by atoms with Crippen LogP contribution < -0.4 is 5.32 Å². The van der Waals surface area contributed by atoms with Crippen LogP contribution in [0.15, 0.2) is 276 Å². The molecule has 1 aliphatic heterocycles. The molecule has 1 heterocycles. The van der Waals surface area contributed by atoms with E-state index in [0.717, 1.165) is 28.1 Å². The number of hydrogen-bond acceptors (Lipinski definition) is 5. The van der Waals surface area contributed by atoms with E-state index in [1.807, 2.05) is 197 Å². The lowest BCUT2D eigenvalue weighted by Gasteiger charge is -2.10. The quantitative estimate of drug-likeness (QED) is 0.0938. The maximum Gasteiger partial charge on any atom is 0.161 e. The molecule has 4 aromatic carbocycles. The van der Waals surface area contributed by atoms with Crippen LogP contribution >= 0.6 is 0 Å². The third kappa shape index (κ3) is 23.3. The second-order valence-corrected chi connectivity index (χ2v) is 13.9. The Labute approximate surface area is 402 Å². The zero-order valence-electron chi connectivity index (χ0n) is 40.2. The summed E-state index contributed by atoms with van der Waals surface area (Å²) in [5, 5.41) is 3.31. The number of nitrogens with one attached hydrogen (secondary N) is 1. The monoisotopic (exact) mass is 882 g/mol. The molecule has 0 amide bonds. The van der Waals surface area contributed by atoms with Crippen LogP contribution in [0, 0.1) is 20.8 Å². The summed E-state index contributed by atoms with van der Waals surface area (Å²) in [4.78, 5) is 17.4. The fourth-order valence-corrected chi connectivity index (χ4v) is 5.70. The maximum absolute atomic E-state index is 4.88. The van der Waals surface area contributed by atoms with Gasteiger partial charge in [0.15, 0.2) is 5.84 Å². The summed E-state index contributed by atoms with van der Waals surface area (Å²) >= 11 is 0. The lowest BCUT2D eigenvalue weighted by atomic mass is 9.95. The van der Waals surface area contributed by atoms with Crippen molar-refractivity contribution in [3.63, 3.8) is 0 Å². The number of benzene rings is 4. The molecule has 5 nitrogen and oxygen atoms in total. The molecule has 0 spiro atoms. The molecular formula is C62H67N5. The summed E-state index contributed by atoms with van der Waals surface area (Å²) in [6, 6.07) is 33.1. The second-order valence-electron chi connectivity index (χ2n) is 13.9. The first-order valence-corrected chi connectivity index (χ1v) is 22.3. The van der Waals surface area contributed by atoms with E-state index in [0.29, 0.717) is 5.84 Å². The average molecular weight is 882 g/mol. The average Bonchev–Trinajstić information content (AvgIpc) is 3.35. The first-order valence-electron chi connectivity index (χ1n) is 22.3. The van der Waals surface area contributed by atoms with Crippen LogP contribution in [0.3, 0.4) is 0 Å². The fraction of sp³-hybridized carbons (Fsp3) is 0.0968. The minimum atomic E-state index is 0.526. The molecule has 4 aromatic rings. The standard InChI is InChI=1S/C28H26N4.C19H19N.C13H16.C2H6/c1-23-14-11-12-17-26(23)30-21-19-25(22-29-2)28-31-20-13-6-4-3-5-10-18-27(32-28)24-15-8-7-9-16-24;1-4-20-13-7-9-17-12-11-16(3)19(14-17)18-10-6-5-8-15(18)2;1-3-5-7-9-11-13-12-10-8-6-4-2;1-2/h3-22,30H,2H2,1H3;4-14H,1H2,2-3H3;3-13H,1H2,2H3;1-2H3/b4-3-,5-3?,6-4?,10-5+,13-6-,18-10?,20-13?,21-19+,25-22+,27-18-,31-20?,31-28?,32-27?,32-28-;9-7+,20-13?;6-4+,7-5+,10-8-,11-9+,13-12-;. The van der Waals surface area contributed by atoms with Crippen molar-refractivity contribution in [2.45, 2.75) is 41.5 Å². The van der Waals surface area contributed by atoms with Gasteiger partial charge in [-0.1, -0.05) is 215 Å². The summed E-state index contributed by atoms with van der Waals surface area (Å²) in [7, 11) is 0. The molecule has 0 saturated carbocycles. The van der Waals surface area contributed by atoms with Gasteiger partial charge in [0.25, 0.3) is 0 Å². The third-order valence-electron chi connectivity index (χ3n) is 9.00. The van der Waals surface area contributed by atoms with Gasteiger partial charge in [0, 0.05) is 47.9 Å². The lowest BCUT2D eigenvalue weighted by molar-refractivity contribution is 1.40. The van der Waals surface area contributed by atoms with Crippen molar-refractivity contribution in [1.29, 1.82) is 0 Å². The van der Waals surface area contributed by atoms with Crippen molar-refractivity contribution in [2.75, 3.05) is 5.32 Å². The van der Waals surface area contributed by atoms with Crippen LogP contribution in [0.5, 0.6) is 0 Å². The van der Waals surface area contributed by atoms with E-state index in [4.69, 9.17) is 4.99 Å². The summed E-state index contributed by atoms with van der Waals surface area (Å²) in [6.45, 7) is 23.1. The largest absolute Gasteiger partial charge is 0.361 e. The van der Waals surface area contributed by atoms with Gasteiger partial charge in [0.1, 0.15) is 0 Å². The van der Waals surface area contributed by atoms with Crippen LogP contribution in [0.4, 0.5) is 5.69 Å². The molecule has 340 valence electrons. The molecule has 0 unspecified atom stereocenters. The van der Waals surface area contributed by atoms with Crippen molar-refractivity contribution in [2.24, 2.45) is 20.0 Å². The molecule has 0 atom stereocenters. The van der Waals surface area contributed by atoms with Crippen LogP contribution in [0.25, 0.3) is 22.9 Å². The van der Waals surface area contributed by atoms with E-state index in [1.54, 1.807) is 24.7 Å². The molecule has 0 radical (unpaired) electrons. The van der Waals surface area contributed by atoms with Gasteiger partial charge in [-0.15, -0.1) is 0 Å². The molecule has 0 saturated heterocycles. The number of nitrogens with zero attached hydrogens (tertiary/aromatic N) is 4. The van der Waals surface area contributed by atoms with Gasteiger partial charge in [-0.3, -0.25) is 9.98 Å². The Balaban J connectivity index is 0.000000375. The third-order valence-corrected chi connectivity index (χ3v) is 9.00. The van der Waals surface area contributed by atoms with E-state index < -0.39 is 0 Å². The number of aliphatic imine (C=N–C) groups is 4. The number of aryl methyl sites for hydroxylation is 3. The van der Waals surface area contributed by atoms with E-state index >= 15 is 0 Å². The molecule has 67 heavy (non-hydrogen) atoms. The van der Waals surface area contributed by atoms with Crippen molar-refractivity contribution in [1.82, 2.24) is 0 Å². The van der Waals surface area contributed by atoms with Crippen LogP contribution in [0.2, 0.25) is 0 Å². The van der Waals surface area contributed by atoms with Gasteiger partial charge in [0.05, 0.1) is 5.70 Å². The highest BCUT2D eigenvalue weighted by Gasteiger charge is 2.07. The number of allylic oxidation sites excluding steroid dienone is 19. The zero-order valence-corrected chi connectivity index (χ0v) is 40.2. The second kappa shape index (κ2) is 36.1. The number of amidine groups is 1. The van der Waals surface area contributed by atoms with Crippen molar-refractivity contribution < 1.29 is 0 Å². The number of rotatable bonds is 15. The van der Waals surface area contributed by atoms with Gasteiger partial charge in [-0.25, -0.2) is 9.98 Å². The first-order chi connectivity index (χ1) is 32.9. The lowest BCUT2D eigenvalue weighted by Crippen LogP contribution is -2.01. The Hall–Kier alpha value is -8.28. The Bertz CT molecular complexity index is 2590. The highest BCUT2D eigenvalue weighted by atomic mass is 14.9. The molecule has 0 aliphatic carbocycles. The van der Waals surface area contributed by atoms with Crippen molar-refractivity contribution in [3.05, 3.63) is 284 Å². The fourth-order valence-electron chi connectivity index (χ4n) is 5.70. The van der Waals surface area contributed by atoms with Crippen LogP contribution in [-0.2, 0) is 0 Å². The van der Waals surface area contributed by atoms with Crippen molar-refractivity contribution >= 4 is 42.4 Å². The highest BCUT2D eigenvalue weighted by molar-refractivity contribution is 6.08. The van der Waals surface area contributed by atoms with Gasteiger partial charge in [-0.2, -0.15) is 0 Å². The summed E-state index contributed by atoms with van der Waals surface area (Å²) in [5.74, 6) is 0.526. The number of hydrogen-bond donors (Lipinski definition) is 1. The van der Waals surface area contributed by atoms with Gasteiger partial charge >= 0.3 is 0 Å². The molecule has 5 heteroatoms. The Kier molecular flexibility index (Phi) is 29.6. The predicted octanol–water partition coefficient (Wildman–Crippen LogP) is 16.9.